The molecule has 0 spiro atoms. The van der Waals surface area contributed by atoms with E-state index >= 15 is 0 Å². The molecule has 0 aliphatic carbocycles. The highest BCUT2D eigenvalue weighted by molar-refractivity contribution is 7.90. The summed E-state index contributed by atoms with van der Waals surface area (Å²) < 4.78 is 22.2. The van der Waals surface area contributed by atoms with Crippen LogP contribution >= 0.6 is 12.2 Å². The highest BCUT2D eigenvalue weighted by Crippen LogP contribution is 2.02. The third-order valence-corrected chi connectivity index (χ3v) is 2.42. The van der Waals surface area contributed by atoms with Crippen LogP contribution in [0.4, 0.5) is 0 Å². The van der Waals surface area contributed by atoms with Crippen LogP contribution in [-0.4, -0.2) is 19.7 Å². The Kier molecular flexibility index (Phi) is 2.10. The molecule has 11 heavy (non-hydrogen) atoms. The van der Waals surface area contributed by atoms with Gasteiger partial charge in [-0.05, 0) is 12.1 Å². The summed E-state index contributed by atoms with van der Waals surface area (Å²) >= 11 is 4.75. The first kappa shape index (κ1) is 8.42. The molecule has 0 saturated carbocycles. The van der Waals surface area contributed by atoms with Crippen LogP contribution in [-0.2, 0) is 9.84 Å². The molecule has 1 heterocycles. The Hall–Kier alpha value is -0.680. The molecule has 0 amide bonds. The maximum Gasteiger partial charge on any atom is 0.190 e. The van der Waals surface area contributed by atoms with E-state index in [1.165, 1.54) is 6.07 Å². The van der Waals surface area contributed by atoms with Gasteiger partial charge in [-0.1, -0.05) is 18.3 Å². The molecule has 1 N–H and O–H groups in total. The summed E-state index contributed by atoms with van der Waals surface area (Å²) in [5, 5.41) is 0.157. The summed E-state index contributed by atoms with van der Waals surface area (Å²) in [6, 6.07) is 4.71. The number of hydrogen-bond donors (Lipinski definition) is 1. The van der Waals surface area contributed by atoms with Gasteiger partial charge < -0.3 is 4.98 Å². The zero-order valence-corrected chi connectivity index (χ0v) is 7.50. The van der Waals surface area contributed by atoms with E-state index in [9.17, 15) is 8.42 Å². The van der Waals surface area contributed by atoms with E-state index in [1.54, 1.807) is 12.1 Å². The molecule has 0 bridgehead atoms. The summed E-state index contributed by atoms with van der Waals surface area (Å²) in [5.74, 6) is 0. The maximum absolute atomic E-state index is 10.9. The first-order chi connectivity index (χ1) is 5.00. The zero-order chi connectivity index (χ0) is 8.48. The lowest BCUT2D eigenvalue weighted by molar-refractivity contribution is 0.598. The van der Waals surface area contributed by atoms with Crippen molar-refractivity contribution in [2.75, 3.05) is 6.26 Å². The van der Waals surface area contributed by atoms with Gasteiger partial charge in [0.1, 0.15) is 9.67 Å². The molecular formula is C6H7NO2S2. The van der Waals surface area contributed by atoms with Crippen LogP contribution in [0.2, 0.25) is 0 Å². The van der Waals surface area contributed by atoms with Crippen molar-refractivity contribution in [3.8, 4) is 0 Å². The first-order valence-corrected chi connectivity index (χ1v) is 5.19. The number of aromatic nitrogens is 1. The van der Waals surface area contributed by atoms with Crippen molar-refractivity contribution >= 4 is 22.1 Å². The summed E-state index contributed by atoms with van der Waals surface area (Å²) in [6.45, 7) is 0. The number of sulfone groups is 1. The fraction of sp³-hybridized carbons (Fsp3) is 0.167. The van der Waals surface area contributed by atoms with Gasteiger partial charge in [-0.15, -0.1) is 0 Å². The molecule has 0 aliphatic rings. The maximum atomic E-state index is 10.9. The molecule has 0 aliphatic heterocycles. The van der Waals surface area contributed by atoms with E-state index in [4.69, 9.17) is 12.2 Å². The van der Waals surface area contributed by atoms with Crippen molar-refractivity contribution in [3.05, 3.63) is 22.8 Å². The van der Waals surface area contributed by atoms with Gasteiger partial charge in [0.2, 0.25) is 0 Å². The van der Waals surface area contributed by atoms with Gasteiger partial charge in [0.05, 0.1) is 0 Å². The fourth-order valence-electron chi connectivity index (χ4n) is 0.644. The normalized spacial score (nSPS) is 11.4. The lowest BCUT2D eigenvalue weighted by Crippen LogP contribution is -1.99. The average molecular weight is 189 g/mol. The molecule has 0 atom stereocenters. The van der Waals surface area contributed by atoms with Crippen LogP contribution < -0.4 is 0 Å². The number of H-pyrrole nitrogens is 1. The van der Waals surface area contributed by atoms with Gasteiger partial charge in [-0.2, -0.15) is 0 Å². The molecule has 0 saturated heterocycles. The molecule has 0 fully saturated rings. The fourth-order valence-corrected chi connectivity index (χ4v) is 1.52. The topological polar surface area (TPSA) is 49.9 Å². The Labute approximate surface area is 70.0 Å². The van der Waals surface area contributed by atoms with Gasteiger partial charge in [-0.25, -0.2) is 8.42 Å². The van der Waals surface area contributed by atoms with E-state index in [-0.39, 0.29) is 5.03 Å². The SMILES string of the molecule is CS(=O)(=O)c1cccc(=S)[nH]1. The average Bonchev–Trinajstić information content (AvgIpc) is 1.86. The highest BCUT2D eigenvalue weighted by Gasteiger charge is 2.04. The van der Waals surface area contributed by atoms with Crippen molar-refractivity contribution < 1.29 is 8.42 Å². The molecule has 3 nitrogen and oxygen atoms in total. The summed E-state index contributed by atoms with van der Waals surface area (Å²) in [6.07, 6.45) is 1.13. The predicted molar refractivity (Wildman–Crippen MR) is 44.7 cm³/mol. The lowest BCUT2D eigenvalue weighted by Gasteiger charge is -1.95. The second-order valence-electron chi connectivity index (χ2n) is 2.15. The second kappa shape index (κ2) is 2.75. The van der Waals surface area contributed by atoms with E-state index < -0.39 is 9.84 Å². The van der Waals surface area contributed by atoms with Crippen LogP contribution in [0.15, 0.2) is 23.2 Å². The lowest BCUT2D eigenvalue weighted by atomic mass is 10.5. The van der Waals surface area contributed by atoms with Gasteiger partial charge >= 0.3 is 0 Å². The summed E-state index contributed by atoms with van der Waals surface area (Å²) in [5.41, 5.74) is 0. The van der Waals surface area contributed by atoms with E-state index in [2.05, 4.69) is 4.98 Å². The van der Waals surface area contributed by atoms with Crippen molar-refractivity contribution in [2.24, 2.45) is 0 Å². The molecule has 60 valence electrons. The molecule has 0 aromatic carbocycles. The molecular weight excluding hydrogens is 182 g/mol. The quantitative estimate of drug-likeness (QED) is 0.674. The van der Waals surface area contributed by atoms with Gasteiger partial charge in [0.15, 0.2) is 9.84 Å². The van der Waals surface area contributed by atoms with E-state index in [0.29, 0.717) is 4.64 Å². The summed E-state index contributed by atoms with van der Waals surface area (Å²) in [4.78, 5) is 2.57. The minimum absolute atomic E-state index is 0.157. The first-order valence-electron chi connectivity index (χ1n) is 2.89. The van der Waals surface area contributed by atoms with Crippen molar-refractivity contribution in [2.45, 2.75) is 5.03 Å². The Balaban J connectivity index is 3.40. The Morgan fingerprint density at radius 1 is 1.45 bits per heavy atom. The number of aromatic amines is 1. The number of nitrogens with one attached hydrogen (secondary N) is 1. The van der Waals surface area contributed by atoms with E-state index in [0.717, 1.165) is 6.26 Å². The minimum Gasteiger partial charge on any atom is -0.337 e. The van der Waals surface area contributed by atoms with Crippen LogP contribution in [0.1, 0.15) is 0 Å². The van der Waals surface area contributed by atoms with Crippen LogP contribution in [0.3, 0.4) is 0 Å². The standard InChI is InChI=1S/C6H7NO2S2/c1-11(8,9)6-4-2-3-5(10)7-6/h2-4H,1H3,(H,7,10). The Morgan fingerprint density at radius 3 is 2.45 bits per heavy atom. The van der Waals surface area contributed by atoms with Crippen molar-refractivity contribution in [1.29, 1.82) is 0 Å². The highest BCUT2D eigenvalue weighted by atomic mass is 32.2. The van der Waals surface area contributed by atoms with Crippen LogP contribution in [0.25, 0.3) is 0 Å². The van der Waals surface area contributed by atoms with Crippen LogP contribution in [0.5, 0.6) is 0 Å². The smallest absolute Gasteiger partial charge is 0.190 e. The number of pyridine rings is 1. The van der Waals surface area contributed by atoms with Crippen LogP contribution in [0, 0.1) is 4.64 Å². The monoisotopic (exact) mass is 189 g/mol. The molecule has 1 rings (SSSR count). The largest absolute Gasteiger partial charge is 0.337 e. The summed E-state index contributed by atoms with van der Waals surface area (Å²) in [7, 11) is -3.15. The van der Waals surface area contributed by atoms with Gasteiger partial charge in [-0.3, -0.25) is 0 Å². The minimum atomic E-state index is -3.15. The zero-order valence-electron chi connectivity index (χ0n) is 5.87. The second-order valence-corrected chi connectivity index (χ2v) is 4.58. The van der Waals surface area contributed by atoms with E-state index in [1.807, 2.05) is 0 Å². The molecule has 0 radical (unpaired) electrons. The third-order valence-electron chi connectivity index (χ3n) is 1.14. The Morgan fingerprint density at radius 2 is 2.09 bits per heavy atom. The molecule has 1 aromatic heterocycles. The molecule has 5 heteroatoms. The molecule has 1 aromatic rings. The predicted octanol–water partition coefficient (Wildman–Crippen LogP) is 1.15. The third kappa shape index (κ3) is 2.13. The number of hydrogen-bond acceptors (Lipinski definition) is 3. The Bertz CT molecular complexity index is 405. The van der Waals surface area contributed by atoms with Crippen molar-refractivity contribution in [3.63, 3.8) is 0 Å². The number of rotatable bonds is 1. The van der Waals surface area contributed by atoms with Gasteiger partial charge in [0, 0.05) is 6.26 Å². The van der Waals surface area contributed by atoms with Gasteiger partial charge in [0.25, 0.3) is 0 Å². The molecule has 0 unspecified atom stereocenters. The van der Waals surface area contributed by atoms with Crippen molar-refractivity contribution in [1.82, 2.24) is 4.98 Å².